The lowest BCUT2D eigenvalue weighted by molar-refractivity contribution is 0.415. The lowest BCUT2D eigenvalue weighted by Gasteiger charge is -2.02. The van der Waals surface area contributed by atoms with Crippen LogP contribution in [0.15, 0.2) is 30.5 Å². The average Bonchev–Trinajstić information content (AvgIpc) is 3.12. The van der Waals surface area contributed by atoms with Crippen LogP contribution in [0, 0.1) is 0 Å². The number of nitrogens with zero attached hydrogens (tertiary/aromatic N) is 3. The van der Waals surface area contributed by atoms with E-state index in [0.29, 0.717) is 0 Å². The van der Waals surface area contributed by atoms with Crippen LogP contribution in [0.3, 0.4) is 0 Å². The number of hydrogen-bond donors (Lipinski definition) is 0. The first-order valence-electron chi connectivity index (χ1n) is 9.88. The minimum absolute atomic E-state index is 0.863. The van der Waals surface area contributed by atoms with Gasteiger partial charge in [-0.3, -0.25) is 4.68 Å². The highest BCUT2D eigenvalue weighted by atomic mass is 16.5. The van der Waals surface area contributed by atoms with Crippen LogP contribution in [0.1, 0.15) is 71.1 Å². The SMILES string of the molecule is CCCCCCCCCCCCn1cc(-c2ccc(OC)cc2)nn1. The zero-order chi connectivity index (χ0) is 17.7. The number of rotatable bonds is 13. The molecule has 0 saturated heterocycles. The summed E-state index contributed by atoms with van der Waals surface area (Å²) in [7, 11) is 1.68. The molecule has 4 heteroatoms. The van der Waals surface area contributed by atoms with Crippen LogP contribution in [0.2, 0.25) is 0 Å². The van der Waals surface area contributed by atoms with Crippen molar-refractivity contribution in [3.8, 4) is 17.0 Å². The van der Waals surface area contributed by atoms with Gasteiger partial charge in [0, 0.05) is 12.1 Å². The fourth-order valence-electron chi connectivity index (χ4n) is 3.06. The summed E-state index contributed by atoms with van der Waals surface area (Å²) in [5.74, 6) is 0.863. The number of hydrogen-bond acceptors (Lipinski definition) is 3. The van der Waals surface area contributed by atoms with Crippen LogP contribution in [-0.4, -0.2) is 22.1 Å². The van der Waals surface area contributed by atoms with Crippen molar-refractivity contribution in [1.29, 1.82) is 0 Å². The molecule has 2 rings (SSSR count). The molecule has 1 heterocycles. The second-order valence-electron chi connectivity index (χ2n) is 6.78. The van der Waals surface area contributed by atoms with Crippen LogP contribution >= 0.6 is 0 Å². The third-order valence-corrected chi connectivity index (χ3v) is 4.67. The van der Waals surface area contributed by atoms with Gasteiger partial charge in [-0.1, -0.05) is 69.9 Å². The molecule has 0 atom stereocenters. The number of aryl methyl sites for hydroxylation is 1. The molecule has 0 aliphatic heterocycles. The summed E-state index contributed by atoms with van der Waals surface area (Å²) in [6, 6.07) is 7.95. The molecule has 25 heavy (non-hydrogen) atoms. The number of benzene rings is 1. The molecule has 0 bridgehead atoms. The largest absolute Gasteiger partial charge is 0.497 e. The molecule has 1 aromatic carbocycles. The third-order valence-electron chi connectivity index (χ3n) is 4.67. The van der Waals surface area contributed by atoms with Gasteiger partial charge in [0.05, 0.1) is 13.3 Å². The van der Waals surface area contributed by atoms with Crippen molar-refractivity contribution in [2.75, 3.05) is 7.11 Å². The lowest BCUT2D eigenvalue weighted by Crippen LogP contribution is -1.98. The van der Waals surface area contributed by atoms with Crippen molar-refractivity contribution in [1.82, 2.24) is 15.0 Å². The molecule has 2 aromatic rings. The van der Waals surface area contributed by atoms with E-state index in [-0.39, 0.29) is 0 Å². The molecular formula is C21H33N3O. The Morgan fingerprint density at radius 3 is 2.04 bits per heavy atom. The van der Waals surface area contributed by atoms with Crippen LogP contribution in [0.5, 0.6) is 5.75 Å². The van der Waals surface area contributed by atoms with E-state index in [1.54, 1.807) is 7.11 Å². The lowest BCUT2D eigenvalue weighted by atomic mass is 10.1. The van der Waals surface area contributed by atoms with E-state index < -0.39 is 0 Å². The minimum Gasteiger partial charge on any atom is -0.497 e. The maximum atomic E-state index is 5.19. The minimum atomic E-state index is 0.863. The fraction of sp³-hybridized carbons (Fsp3) is 0.619. The molecule has 0 unspecified atom stereocenters. The molecule has 1 aromatic heterocycles. The van der Waals surface area contributed by atoms with Crippen LogP contribution in [-0.2, 0) is 6.54 Å². The fourth-order valence-corrected chi connectivity index (χ4v) is 3.06. The Kier molecular flexibility index (Phi) is 9.09. The van der Waals surface area contributed by atoms with E-state index in [0.717, 1.165) is 23.6 Å². The van der Waals surface area contributed by atoms with Gasteiger partial charge in [0.2, 0.25) is 0 Å². The van der Waals surface area contributed by atoms with Crippen LogP contribution in [0.4, 0.5) is 0 Å². The normalized spacial score (nSPS) is 11.0. The highest BCUT2D eigenvalue weighted by molar-refractivity contribution is 5.58. The van der Waals surface area contributed by atoms with Crippen molar-refractivity contribution in [3.63, 3.8) is 0 Å². The van der Waals surface area contributed by atoms with Gasteiger partial charge in [0.1, 0.15) is 11.4 Å². The average molecular weight is 344 g/mol. The summed E-state index contributed by atoms with van der Waals surface area (Å²) in [6.07, 6.45) is 15.6. The number of unbranched alkanes of at least 4 members (excludes halogenated alkanes) is 9. The quantitative estimate of drug-likeness (QED) is 0.427. The van der Waals surface area contributed by atoms with E-state index in [9.17, 15) is 0 Å². The van der Waals surface area contributed by atoms with Gasteiger partial charge < -0.3 is 4.74 Å². The van der Waals surface area contributed by atoms with Crippen molar-refractivity contribution in [2.45, 2.75) is 77.7 Å². The summed E-state index contributed by atoms with van der Waals surface area (Å²) in [4.78, 5) is 0. The third kappa shape index (κ3) is 7.29. The molecule has 0 fully saturated rings. The molecule has 0 N–H and O–H groups in total. The second-order valence-corrected chi connectivity index (χ2v) is 6.78. The highest BCUT2D eigenvalue weighted by Gasteiger charge is 2.04. The predicted molar refractivity (Wildman–Crippen MR) is 104 cm³/mol. The Labute approximate surface area is 152 Å². The van der Waals surface area contributed by atoms with Gasteiger partial charge >= 0.3 is 0 Å². The summed E-state index contributed by atoms with van der Waals surface area (Å²) in [6.45, 7) is 3.23. The molecule has 138 valence electrons. The predicted octanol–water partition coefficient (Wildman–Crippen LogP) is 5.87. The second kappa shape index (κ2) is 11.7. The first-order valence-corrected chi connectivity index (χ1v) is 9.88. The van der Waals surface area contributed by atoms with Gasteiger partial charge in [0.15, 0.2) is 0 Å². The topological polar surface area (TPSA) is 39.9 Å². The molecule has 0 aliphatic rings. The molecular weight excluding hydrogens is 310 g/mol. The Balaban J connectivity index is 1.58. The molecule has 0 amide bonds. The van der Waals surface area contributed by atoms with Gasteiger partial charge in [-0.05, 0) is 30.7 Å². The Morgan fingerprint density at radius 1 is 0.840 bits per heavy atom. The molecule has 4 nitrogen and oxygen atoms in total. The van der Waals surface area contributed by atoms with Crippen molar-refractivity contribution in [3.05, 3.63) is 30.5 Å². The first kappa shape index (κ1) is 19.5. The van der Waals surface area contributed by atoms with Crippen LogP contribution < -0.4 is 4.74 Å². The molecule has 0 radical (unpaired) electrons. The van der Waals surface area contributed by atoms with E-state index >= 15 is 0 Å². The summed E-state index contributed by atoms with van der Waals surface area (Å²) in [5, 5.41) is 8.52. The van der Waals surface area contributed by atoms with E-state index in [2.05, 4.69) is 17.2 Å². The van der Waals surface area contributed by atoms with Crippen molar-refractivity contribution in [2.24, 2.45) is 0 Å². The van der Waals surface area contributed by atoms with Gasteiger partial charge in [-0.2, -0.15) is 0 Å². The van der Waals surface area contributed by atoms with E-state index in [1.165, 1.54) is 64.2 Å². The summed E-state index contributed by atoms with van der Waals surface area (Å²) < 4.78 is 7.15. The van der Waals surface area contributed by atoms with E-state index in [1.807, 2.05) is 35.1 Å². The van der Waals surface area contributed by atoms with Crippen LogP contribution in [0.25, 0.3) is 11.3 Å². The maximum Gasteiger partial charge on any atom is 0.118 e. The van der Waals surface area contributed by atoms with Gasteiger partial charge in [-0.25, -0.2) is 0 Å². The zero-order valence-corrected chi connectivity index (χ0v) is 15.9. The van der Waals surface area contributed by atoms with Gasteiger partial charge in [0.25, 0.3) is 0 Å². The zero-order valence-electron chi connectivity index (χ0n) is 15.9. The van der Waals surface area contributed by atoms with E-state index in [4.69, 9.17) is 4.74 Å². The summed E-state index contributed by atoms with van der Waals surface area (Å²) in [5.41, 5.74) is 2.00. The molecule has 0 aliphatic carbocycles. The first-order chi connectivity index (χ1) is 12.3. The standard InChI is InChI=1S/C21H33N3O/c1-3-4-5-6-7-8-9-10-11-12-17-24-18-21(22-23-24)19-13-15-20(25-2)16-14-19/h13-16,18H,3-12,17H2,1-2H3. The number of aromatic nitrogens is 3. The van der Waals surface area contributed by atoms with Gasteiger partial charge in [-0.15, -0.1) is 5.10 Å². The Morgan fingerprint density at radius 2 is 1.44 bits per heavy atom. The maximum absolute atomic E-state index is 5.19. The number of methoxy groups -OCH3 is 1. The Bertz CT molecular complexity index is 577. The summed E-state index contributed by atoms with van der Waals surface area (Å²) >= 11 is 0. The van der Waals surface area contributed by atoms with Crippen molar-refractivity contribution < 1.29 is 4.74 Å². The van der Waals surface area contributed by atoms with Crippen molar-refractivity contribution >= 4 is 0 Å². The smallest absolute Gasteiger partial charge is 0.118 e. The Hall–Kier alpha value is -1.84. The highest BCUT2D eigenvalue weighted by Crippen LogP contribution is 2.20. The monoisotopic (exact) mass is 343 g/mol. The molecule has 0 spiro atoms. The molecule has 0 saturated carbocycles. The number of ether oxygens (including phenoxy) is 1.